The molecule has 0 atom stereocenters. The molecule has 7 heteroatoms. The number of anilines is 2. The average molecular weight is 426 g/mol. The molecule has 0 aliphatic heterocycles. The first-order valence-electron chi connectivity index (χ1n) is 9.56. The molecule has 0 saturated heterocycles. The number of halogens is 3. The van der Waals surface area contributed by atoms with E-state index in [9.17, 15) is 22.8 Å². The van der Waals surface area contributed by atoms with Crippen LogP contribution in [-0.2, 0) is 17.4 Å². The summed E-state index contributed by atoms with van der Waals surface area (Å²) in [5, 5.41) is 5.20. The summed E-state index contributed by atoms with van der Waals surface area (Å²) in [6.07, 6.45) is -4.32. The number of aryl methyl sites for hydroxylation is 2. The molecule has 0 radical (unpaired) electrons. The van der Waals surface area contributed by atoms with Gasteiger partial charge in [-0.3, -0.25) is 9.59 Å². The average Bonchev–Trinajstić information content (AvgIpc) is 2.70. The van der Waals surface area contributed by atoms with Crippen LogP contribution in [0, 0.1) is 13.8 Å². The highest BCUT2D eigenvalue weighted by atomic mass is 19.4. The summed E-state index contributed by atoms with van der Waals surface area (Å²) in [4.78, 5) is 24.8. The molecule has 0 unspecified atom stereocenters. The summed E-state index contributed by atoms with van der Waals surface area (Å²) in [6.45, 7) is 3.97. The van der Waals surface area contributed by atoms with E-state index in [4.69, 9.17) is 0 Å². The number of alkyl halides is 3. The molecule has 4 nitrogen and oxygen atoms in total. The Balaban J connectivity index is 1.67. The van der Waals surface area contributed by atoms with E-state index in [1.165, 1.54) is 24.3 Å². The first kappa shape index (κ1) is 22.1. The van der Waals surface area contributed by atoms with E-state index >= 15 is 0 Å². The smallest absolute Gasteiger partial charge is 0.326 e. The second-order valence-electron chi connectivity index (χ2n) is 7.26. The van der Waals surface area contributed by atoms with Crippen LogP contribution in [0.1, 0.15) is 32.6 Å². The van der Waals surface area contributed by atoms with Gasteiger partial charge in [0.15, 0.2) is 0 Å². The van der Waals surface area contributed by atoms with Crippen LogP contribution in [0.5, 0.6) is 0 Å². The van der Waals surface area contributed by atoms with Crippen LogP contribution < -0.4 is 10.6 Å². The Morgan fingerprint density at radius 1 is 0.806 bits per heavy atom. The molecule has 160 valence electrons. The lowest BCUT2D eigenvalue weighted by molar-refractivity contribution is -0.137. The van der Waals surface area contributed by atoms with Crippen molar-refractivity contribution < 1.29 is 22.8 Å². The fourth-order valence-electron chi connectivity index (χ4n) is 3.02. The molecule has 3 aromatic carbocycles. The molecule has 2 N–H and O–H groups in total. The zero-order valence-electron chi connectivity index (χ0n) is 17.0. The first-order chi connectivity index (χ1) is 14.6. The monoisotopic (exact) mass is 426 g/mol. The fraction of sp³-hybridized carbons (Fsp3) is 0.167. The Morgan fingerprint density at radius 3 is 2.16 bits per heavy atom. The second-order valence-corrected chi connectivity index (χ2v) is 7.26. The molecule has 0 aromatic heterocycles. The molecule has 2 amide bonds. The highest BCUT2D eigenvalue weighted by molar-refractivity contribution is 6.05. The summed E-state index contributed by atoms with van der Waals surface area (Å²) in [5.41, 5.74) is 2.93. The van der Waals surface area contributed by atoms with Gasteiger partial charge in [0.2, 0.25) is 5.91 Å². The van der Waals surface area contributed by atoms with E-state index in [2.05, 4.69) is 10.6 Å². The molecule has 0 fully saturated rings. The van der Waals surface area contributed by atoms with E-state index < -0.39 is 17.6 Å². The normalized spacial score (nSPS) is 11.1. The van der Waals surface area contributed by atoms with E-state index in [-0.39, 0.29) is 23.6 Å². The summed E-state index contributed by atoms with van der Waals surface area (Å²) >= 11 is 0. The maximum atomic E-state index is 12.8. The van der Waals surface area contributed by atoms with Crippen molar-refractivity contribution in [3.8, 4) is 0 Å². The van der Waals surface area contributed by atoms with Gasteiger partial charge in [-0.25, -0.2) is 0 Å². The van der Waals surface area contributed by atoms with E-state index in [1.807, 2.05) is 32.0 Å². The molecular formula is C24H21F3N2O2. The van der Waals surface area contributed by atoms with Gasteiger partial charge in [-0.2, -0.15) is 13.2 Å². The Morgan fingerprint density at radius 2 is 1.48 bits per heavy atom. The van der Waals surface area contributed by atoms with Crippen molar-refractivity contribution in [1.29, 1.82) is 0 Å². The van der Waals surface area contributed by atoms with Gasteiger partial charge in [0.05, 0.1) is 12.0 Å². The quantitative estimate of drug-likeness (QED) is 0.545. The lowest BCUT2D eigenvalue weighted by Crippen LogP contribution is -2.16. The largest absolute Gasteiger partial charge is 0.416 e. The van der Waals surface area contributed by atoms with Crippen molar-refractivity contribution in [2.45, 2.75) is 26.4 Å². The number of hydrogen-bond acceptors (Lipinski definition) is 2. The van der Waals surface area contributed by atoms with Crippen LogP contribution in [0.25, 0.3) is 0 Å². The maximum Gasteiger partial charge on any atom is 0.416 e. The van der Waals surface area contributed by atoms with E-state index in [1.54, 1.807) is 12.1 Å². The standard InChI is InChI=1S/C24H21F3N2O2/c1-15-9-10-17(11-16(15)2)12-22(30)28-20-7-3-5-18(13-20)23(31)29-21-8-4-6-19(14-21)24(25,26)27/h3-11,13-14H,12H2,1-2H3,(H,28,30)(H,29,31). The number of carbonyl (C=O) groups excluding carboxylic acids is 2. The molecule has 0 spiro atoms. The summed E-state index contributed by atoms with van der Waals surface area (Å²) in [7, 11) is 0. The highest BCUT2D eigenvalue weighted by Gasteiger charge is 2.30. The molecule has 0 aliphatic carbocycles. The Kier molecular flexibility index (Phi) is 6.44. The van der Waals surface area contributed by atoms with Gasteiger partial charge in [0, 0.05) is 16.9 Å². The zero-order valence-corrected chi connectivity index (χ0v) is 17.0. The lowest BCUT2D eigenvalue weighted by atomic mass is 10.0. The predicted octanol–water partition coefficient (Wildman–Crippen LogP) is 5.76. The number of hydrogen-bond donors (Lipinski definition) is 2. The summed E-state index contributed by atoms with van der Waals surface area (Å²) in [6, 6.07) is 16.4. The van der Waals surface area contributed by atoms with Gasteiger partial charge in [0.25, 0.3) is 5.91 Å². The SMILES string of the molecule is Cc1ccc(CC(=O)Nc2cccc(C(=O)Nc3cccc(C(F)(F)F)c3)c2)cc1C. The number of nitrogens with one attached hydrogen (secondary N) is 2. The van der Waals surface area contributed by atoms with Crippen molar-refractivity contribution in [1.82, 2.24) is 0 Å². The van der Waals surface area contributed by atoms with Crippen LogP contribution >= 0.6 is 0 Å². The van der Waals surface area contributed by atoms with Crippen molar-refractivity contribution in [3.05, 3.63) is 94.5 Å². The second kappa shape index (κ2) is 9.04. The topological polar surface area (TPSA) is 58.2 Å². The van der Waals surface area contributed by atoms with Gasteiger partial charge >= 0.3 is 6.18 Å². The number of rotatable bonds is 5. The molecule has 0 bridgehead atoms. The van der Waals surface area contributed by atoms with Crippen LogP contribution in [0.15, 0.2) is 66.7 Å². The van der Waals surface area contributed by atoms with Crippen molar-refractivity contribution in [3.63, 3.8) is 0 Å². The van der Waals surface area contributed by atoms with Crippen molar-refractivity contribution in [2.24, 2.45) is 0 Å². The number of carbonyl (C=O) groups is 2. The summed E-state index contributed by atoms with van der Waals surface area (Å²) < 4.78 is 38.5. The molecule has 0 aliphatic rings. The van der Waals surface area contributed by atoms with Crippen LogP contribution in [0.3, 0.4) is 0 Å². The Labute approximate surface area is 178 Å². The van der Waals surface area contributed by atoms with Gasteiger partial charge in [-0.15, -0.1) is 0 Å². The molecular weight excluding hydrogens is 405 g/mol. The molecule has 0 saturated carbocycles. The van der Waals surface area contributed by atoms with Crippen molar-refractivity contribution >= 4 is 23.2 Å². The molecule has 0 heterocycles. The van der Waals surface area contributed by atoms with Gasteiger partial charge < -0.3 is 10.6 Å². The lowest BCUT2D eigenvalue weighted by Gasteiger charge is -2.11. The molecule has 3 aromatic rings. The molecule has 3 rings (SSSR count). The zero-order chi connectivity index (χ0) is 22.6. The van der Waals surface area contributed by atoms with Crippen molar-refractivity contribution in [2.75, 3.05) is 10.6 Å². The maximum absolute atomic E-state index is 12.8. The fourth-order valence-corrected chi connectivity index (χ4v) is 3.02. The highest BCUT2D eigenvalue weighted by Crippen LogP contribution is 2.30. The third-order valence-electron chi connectivity index (χ3n) is 4.79. The minimum atomic E-state index is -4.50. The summed E-state index contributed by atoms with van der Waals surface area (Å²) in [5.74, 6) is -0.816. The Hall–Kier alpha value is -3.61. The van der Waals surface area contributed by atoms with Gasteiger partial charge in [-0.05, 0) is 66.9 Å². The van der Waals surface area contributed by atoms with Crippen LogP contribution in [0.4, 0.5) is 24.5 Å². The number of amides is 2. The Bertz CT molecular complexity index is 1120. The van der Waals surface area contributed by atoms with E-state index in [0.717, 1.165) is 28.8 Å². The third kappa shape index (κ3) is 5.94. The number of benzene rings is 3. The van der Waals surface area contributed by atoms with Crippen LogP contribution in [-0.4, -0.2) is 11.8 Å². The first-order valence-corrected chi connectivity index (χ1v) is 9.56. The minimum absolute atomic E-state index is 0.0315. The third-order valence-corrected chi connectivity index (χ3v) is 4.79. The van der Waals surface area contributed by atoms with Gasteiger partial charge in [-0.1, -0.05) is 30.3 Å². The minimum Gasteiger partial charge on any atom is -0.326 e. The van der Waals surface area contributed by atoms with Gasteiger partial charge in [0.1, 0.15) is 0 Å². The van der Waals surface area contributed by atoms with E-state index in [0.29, 0.717) is 5.69 Å². The molecule has 31 heavy (non-hydrogen) atoms. The van der Waals surface area contributed by atoms with Crippen LogP contribution in [0.2, 0.25) is 0 Å². The predicted molar refractivity (Wildman–Crippen MR) is 114 cm³/mol.